The molecule has 2 nitrogen and oxygen atoms in total. The first kappa shape index (κ1) is 14.4. The number of rotatable bonds is 4. The number of benzene rings is 1. The maximum atomic E-state index is 14.1. The van der Waals surface area contributed by atoms with E-state index in [9.17, 15) is 8.78 Å². The number of halogens is 2. The van der Waals surface area contributed by atoms with E-state index in [2.05, 4.69) is 5.32 Å². The van der Waals surface area contributed by atoms with E-state index in [0.717, 1.165) is 12.1 Å². The average Bonchev–Trinajstić information content (AvgIpc) is 2.38. The number of hydrogen-bond donors (Lipinski definition) is 1. The van der Waals surface area contributed by atoms with Crippen molar-refractivity contribution in [2.24, 2.45) is 5.92 Å². The number of nitrogens with one attached hydrogen (secondary N) is 1. The van der Waals surface area contributed by atoms with Crippen LogP contribution in [0.2, 0.25) is 0 Å². The molecule has 1 aromatic carbocycles. The molecule has 0 bridgehead atoms. The summed E-state index contributed by atoms with van der Waals surface area (Å²) in [5.74, 6) is -2.80. The van der Waals surface area contributed by atoms with Crippen LogP contribution in [0, 0.1) is 5.92 Å². The molecule has 0 aromatic heterocycles. The summed E-state index contributed by atoms with van der Waals surface area (Å²) in [4.78, 5) is 0. The van der Waals surface area contributed by atoms with Gasteiger partial charge in [-0.2, -0.15) is 0 Å². The van der Waals surface area contributed by atoms with Gasteiger partial charge in [0.2, 0.25) is 0 Å². The van der Waals surface area contributed by atoms with Crippen LogP contribution in [0.4, 0.5) is 8.78 Å². The zero-order valence-corrected chi connectivity index (χ0v) is 11.5. The lowest BCUT2D eigenvalue weighted by Gasteiger charge is -2.26. The molecule has 106 valence electrons. The van der Waals surface area contributed by atoms with Gasteiger partial charge >= 0.3 is 0 Å². The highest BCUT2D eigenvalue weighted by Gasteiger charge is 2.32. The summed E-state index contributed by atoms with van der Waals surface area (Å²) in [7, 11) is 0. The smallest absolute Gasteiger partial charge is 0.273 e. The molecule has 1 aliphatic rings. The monoisotopic (exact) mass is 269 g/mol. The highest BCUT2D eigenvalue weighted by Crippen LogP contribution is 2.35. The Morgan fingerprint density at radius 2 is 2.21 bits per heavy atom. The molecule has 1 aromatic rings. The molecule has 1 N–H and O–H groups in total. The van der Waals surface area contributed by atoms with E-state index in [-0.39, 0.29) is 23.9 Å². The zero-order valence-electron chi connectivity index (χ0n) is 11.5. The van der Waals surface area contributed by atoms with Crippen LogP contribution in [0.25, 0.3) is 0 Å². The van der Waals surface area contributed by atoms with Crippen molar-refractivity contribution < 1.29 is 13.5 Å². The van der Waals surface area contributed by atoms with Gasteiger partial charge in [-0.25, -0.2) is 8.78 Å². The number of morpholine rings is 1. The van der Waals surface area contributed by atoms with Crippen LogP contribution in [0.1, 0.15) is 37.4 Å². The summed E-state index contributed by atoms with van der Waals surface area (Å²) >= 11 is 0. The molecule has 19 heavy (non-hydrogen) atoms. The average molecular weight is 269 g/mol. The van der Waals surface area contributed by atoms with Gasteiger partial charge < -0.3 is 10.1 Å². The second kappa shape index (κ2) is 5.97. The van der Waals surface area contributed by atoms with Gasteiger partial charge in [-0.1, -0.05) is 32.0 Å². The fourth-order valence-electron chi connectivity index (χ4n) is 2.39. The first-order valence-electron chi connectivity index (χ1n) is 6.78. The van der Waals surface area contributed by atoms with Crippen molar-refractivity contribution >= 4 is 0 Å². The summed E-state index contributed by atoms with van der Waals surface area (Å²) in [6, 6.07) is 6.71. The Bertz CT molecular complexity index is 414. The predicted molar refractivity (Wildman–Crippen MR) is 71.4 cm³/mol. The lowest BCUT2D eigenvalue weighted by Crippen LogP contribution is -2.34. The molecule has 4 heteroatoms. The quantitative estimate of drug-likeness (QED) is 0.903. The Balaban J connectivity index is 2.18. The number of ether oxygens (including phenoxy) is 1. The predicted octanol–water partition coefficient (Wildman–Crippen LogP) is 3.49. The van der Waals surface area contributed by atoms with Gasteiger partial charge in [0.25, 0.3) is 5.92 Å². The molecule has 2 rings (SSSR count). The van der Waals surface area contributed by atoms with Gasteiger partial charge in [0.05, 0.1) is 19.3 Å². The lowest BCUT2D eigenvalue weighted by atomic mass is 9.95. The molecular weight excluding hydrogens is 248 g/mol. The SMILES string of the molecule is CC(C)CC(F)(F)c1cccc(C2COCCN2)c1. The van der Waals surface area contributed by atoms with Crippen molar-refractivity contribution in [3.8, 4) is 0 Å². The first-order valence-corrected chi connectivity index (χ1v) is 6.78. The van der Waals surface area contributed by atoms with Gasteiger partial charge in [0.15, 0.2) is 0 Å². The molecule has 1 atom stereocenters. The Morgan fingerprint density at radius 1 is 1.42 bits per heavy atom. The van der Waals surface area contributed by atoms with Gasteiger partial charge in [0.1, 0.15) is 0 Å². The van der Waals surface area contributed by atoms with Crippen molar-refractivity contribution in [3.63, 3.8) is 0 Å². The Morgan fingerprint density at radius 3 is 2.84 bits per heavy atom. The zero-order chi connectivity index (χ0) is 13.9. The Hall–Kier alpha value is -1.00. The molecule has 0 aliphatic carbocycles. The summed E-state index contributed by atoms with van der Waals surface area (Å²) in [6.07, 6.45) is -0.120. The van der Waals surface area contributed by atoms with Crippen molar-refractivity contribution in [3.05, 3.63) is 35.4 Å². The standard InChI is InChI=1S/C15H21F2NO/c1-11(2)9-15(16,17)13-5-3-4-12(8-13)14-10-19-7-6-18-14/h3-5,8,11,14,18H,6-7,9-10H2,1-2H3. The highest BCUT2D eigenvalue weighted by molar-refractivity contribution is 5.29. The summed E-state index contributed by atoms with van der Waals surface area (Å²) in [6.45, 7) is 5.61. The van der Waals surface area contributed by atoms with Crippen molar-refractivity contribution in [1.82, 2.24) is 5.32 Å². The van der Waals surface area contributed by atoms with Crippen LogP contribution in [-0.2, 0) is 10.7 Å². The molecule has 0 amide bonds. The third-order valence-electron chi connectivity index (χ3n) is 3.30. The Kier molecular flexibility index (Phi) is 4.53. The van der Waals surface area contributed by atoms with Gasteiger partial charge in [-0.05, 0) is 17.5 Å². The molecule has 1 fully saturated rings. The molecule has 1 heterocycles. The van der Waals surface area contributed by atoms with E-state index < -0.39 is 5.92 Å². The van der Waals surface area contributed by atoms with E-state index in [4.69, 9.17) is 4.74 Å². The molecular formula is C15H21F2NO. The van der Waals surface area contributed by atoms with E-state index >= 15 is 0 Å². The molecule has 0 saturated carbocycles. The third-order valence-corrected chi connectivity index (χ3v) is 3.30. The Labute approximate surface area is 113 Å². The minimum absolute atomic E-state index is 0.0172. The fourth-order valence-corrected chi connectivity index (χ4v) is 2.39. The van der Waals surface area contributed by atoms with E-state index in [1.807, 2.05) is 19.9 Å². The van der Waals surface area contributed by atoms with Crippen molar-refractivity contribution in [1.29, 1.82) is 0 Å². The van der Waals surface area contributed by atoms with Crippen molar-refractivity contribution in [2.75, 3.05) is 19.8 Å². The third kappa shape index (κ3) is 3.74. The van der Waals surface area contributed by atoms with Gasteiger partial charge in [-0.3, -0.25) is 0 Å². The van der Waals surface area contributed by atoms with E-state index in [0.29, 0.717) is 13.2 Å². The minimum atomic E-state index is -2.76. The van der Waals surface area contributed by atoms with E-state index in [1.54, 1.807) is 12.1 Å². The summed E-state index contributed by atoms with van der Waals surface area (Å²) < 4.78 is 33.6. The van der Waals surface area contributed by atoms with Crippen LogP contribution in [0.15, 0.2) is 24.3 Å². The lowest BCUT2D eigenvalue weighted by molar-refractivity contribution is -0.0251. The molecule has 0 radical (unpaired) electrons. The van der Waals surface area contributed by atoms with Crippen molar-refractivity contribution in [2.45, 2.75) is 32.2 Å². The van der Waals surface area contributed by atoms with Crippen LogP contribution in [0.5, 0.6) is 0 Å². The largest absolute Gasteiger partial charge is 0.378 e. The van der Waals surface area contributed by atoms with Crippen LogP contribution < -0.4 is 5.32 Å². The second-order valence-electron chi connectivity index (χ2n) is 5.51. The first-order chi connectivity index (χ1) is 8.99. The minimum Gasteiger partial charge on any atom is -0.378 e. The van der Waals surface area contributed by atoms with E-state index in [1.165, 1.54) is 6.07 Å². The topological polar surface area (TPSA) is 21.3 Å². The highest BCUT2D eigenvalue weighted by atomic mass is 19.3. The fraction of sp³-hybridized carbons (Fsp3) is 0.600. The normalized spacial score (nSPS) is 20.8. The second-order valence-corrected chi connectivity index (χ2v) is 5.51. The number of alkyl halides is 2. The maximum absolute atomic E-state index is 14.1. The summed E-state index contributed by atoms with van der Waals surface area (Å²) in [5, 5.41) is 3.28. The molecule has 1 saturated heterocycles. The number of hydrogen-bond acceptors (Lipinski definition) is 2. The van der Waals surface area contributed by atoms with Crippen LogP contribution in [0.3, 0.4) is 0 Å². The van der Waals surface area contributed by atoms with Gasteiger partial charge in [-0.15, -0.1) is 0 Å². The van der Waals surface area contributed by atoms with Gasteiger partial charge in [0, 0.05) is 18.5 Å². The van der Waals surface area contributed by atoms with Crippen LogP contribution >= 0.6 is 0 Å². The summed E-state index contributed by atoms with van der Waals surface area (Å²) in [5.41, 5.74) is 0.978. The molecule has 1 aliphatic heterocycles. The van der Waals surface area contributed by atoms with Crippen LogP contribution in [-0.4, -0.2) is 19.8 Å². The maximum Gasteiger partial charge on any atom is 0.273 e. The molecule has 1 unspecified atom stereocenters. The molecule has 0 spiro atoms.